The molecule has 1 heterocycles. The zero-order valence-corrected chi connectivity index (χ0v) is 21.3. The minimum atomic E-state index is -0.485. The van der Waals surface area contributed by atoms with Crippen LogP contribution in [0.5, 0.6) is 5.75 Å². The van der Waals surface area contributed by atoms with Gasteiger partial charge >= 0.3 is 0 Å². The van der Waals surface area contributed by atoms with Gasteiger partial charge in [-0.1, -0.05) is 24.3 Å². The fourth-order valence-electron chi connectivity index (χ4n) is 4.63. The van der Waals surface area contributed by atoms with Crippen molar-refractivity contribution >= 4 is 34.7 Å². The molecule has 0 bridgehead atoms. The van der Waals surface area contributed by atoms with Crippen LogP contribution < -0.4 is 15.4 Å². The van der Waals surface area contributed by atoms with E-state index < -0.39 is 6.04 Å². The first kappa shape index (κ1) is 25.0. The van der Waals surface area contributed by atoms with Gasteiger partial charge in [0, 0.05) is 11.3 Å². The first-order chi connectivity index (χ1) is 18.3. The number of likely N-dealkylation sites (N-methyl/N-ethyl adjacent to an activating group) is 1. The van der Waals surface area contributed by atoms with E-state index in [1.54, 1.807) is 48.4 Å². The molecule has 9 nitrogen and oxygen atoms in total. The number of benzene rings is 3. The van der Waals surface area contributed by atoms with Gasteiger partial charge in [-0.25, -0.2) is 0 Å². The number of amides is 2. The fraction of sp³-hybridized carbons (Fsp3) is 0.207. The highest BCUT2D eigenvalue weighted by Crippen LogP contribution is 2.49. The Morgan fingerprint density at radius 2 is 1.68 bits per heavy atom. The Balaban J connectivity index is 1.31. The first-order valence-electron chi connectivity index (χ1n) is 12.1. The van der Waals surface area contributed by atoms with Crippen molar-refractivity contribution in [3.63, 3.8) is 0 Å². The van der Waals surface area contributed by atoms with Crippen molar-refractivity contribution < 1.29 is 19.1 Å². The highest BCUT2D eigenvalue weighted by Gasteiger charge is 2.42. The van der Waals surface area contributed by atoms with Gasteiger partial charge in [-0.2, -0.15) is 10.2 Å². The second-order valence-electron chi connectivity index (χ2n) is 9.42. The van der Waals surface area contributed by atoms with E-state index in [4.69, 9.17) is 4.74 Å². The number of hydrogen-bond acceptors (Lipinski definition) is 7. The van der Waals surface area contributed by atoms with Gasteiger partial charge in [0.25, 0.3) is 0 Å². The minimum absolute atomic E-state index is 0.113. The number of nitrogens with zero attached hydrogens (tertiary/aromatic N) is 3. The maximum atomic E-state index is 13.5. The monoisotopic (exact) mass is 509 g/mol. The predicted molar refractivity (Wildman–Crippen MR) is 144 cm³/mol. The summed E-state index contributed by atoms with van der Waals surface area (Å²) >= 11 is 0. The topological polar surface area (TPSA) is 112 Å². The Kier molecular flexibility index (Phi) is 6.85. The number of nitrogens with one attached hydrogen (secondary N) is 2. The Morgan fingerprint density at radius 1 is 0.947 bits per heavy atom. The molecule has 1 unspecified atom stereocenters. The molecule has 1 aliphatic carbocycles. The molecule has 3 aromatic carbocycles. The van der Waals surface area contributed by atoms with Gasteiger partial charge in [-0.05, 0) is 67.7 Å². The molecule has 0 saturated carbocycles. The number of anilines is 2. The molecule has 5 rings (SSSR count). The number of Topliss-reactive ketones (excluding diaryl/α,β-unsaturated/α-hetero) is 1. The third kappa shape index (κ3) is 4.96. The molecule has 3 aromatic rings. The van der Waals surface area contributed by atoms with Gasteiger partial charge in [-0.3, -0.25) is 14.4 Å². The van der Waals surface area contributed by atoms with E-state index in [-0.39, 0.29) is 30.6 Å². The van der Waals surface area contributed by atoms with Crippen LogP contribution in [0.15, 0.2) is 82.5 Å². The number of carbonyl (C=O) groups excluding carboxylic acids is 3. The normalized spacial score (nSPS) is 15.5. The molecule has 192 valence electrons. The lowest BCUT2D eigenvalue weighted by Gasteiger charge is -2.11. The van der Waals surface area contributed by atoms with Crippen molar-refractivity contribution in [1.82, 2.24) is 4.90 Å². The Hall–Kier alpha value is -4.63. The largest absolute Gasteiger partial charge is 0.497 e. The van der Waals surface area contributed by atoms with Crippen LogP contribution in [0, 0.1) is 0 Å². The van der Waals surface area contributed by atoms with Gasteiger partial charge in [0.2, 0.25) is 11.8 Å². The molecule has 1 atom stereocenters. The van der Waals surface area contributed by atoms with Gasteiger partial charge in [0.05, 0.1) is 36.9 Å². The number of rotatable bonds is 8. The molecule has 0 radical (unpaired) electrons. The summed E-state index contributed by atoms with van der Waals surface area (Å²) in [6, 6.07) is 19.3. The molecule has 2 N–H and O–H groups in total. The lowest BCUT2D eigenvalue weighted by atomic mass is 10.0. The van der Waals surface area contributed by atoms with E-state index in [0.717, 1.165) is 16.7 Å². The average Bonchev–Trinajstić information content (AvgIpc) is 3.45. The molecular formula is C29H27N5O4. The average molecular weight is 510 g/mol. The number of methoxy groups -OCH3 is 1. The quantitative estimate of drug-likeness (QED) is 0.465. The van der Waals surface area contributed by atoms with Gasteiger partial charge < -0.3 is 20.3 Å². The van der Waals surface area contributed by atoms with Crippen molar-refractivity contribution in [1.29, 1.82) is 0 Å². The fourth-order valence-corrected chi connectivity index (χ4v) is 4.63. The molecule has 0 fully saturated rings. The zero-order valence-electron chi connectivity index (χ0n) is 21.3. The van der Waals surface area contributed by atoms with Crippen molar-refractivity contribution in [3.05, 3.63) is 94.6 Å². The molecule has 38 heavy (non-hydrogen) atoms. The number of azo groups is 1. The highest BCUT2D eigenvalue weighted by atomic mass is 16.5. The zero-order chi connectivity index (χ0) is 26.8. The third-order valence-corrected chi connectivity index (χ3v) is 6.36. The molecule has 0 aromatic heterocycles. The summed E-state index contributed by atoms with van der Waals surface area (Å²) in [5, 5.41) is 14.4. The third-order valence-electron chi connectivity index (χ3n) is 6.36. The maximum Gasteiger partial charge on any atom is 0.238 e. The SMILES string of the molecule is COc1ccc(C2=C3C(=O)c4c(NC(=O)Cc5ccc(NC(=O)CN(C)C)cc5)cccc4C3N=N2)cc1. The number of ether oxygens (including phenoxy) is 1. The summed E-state index contributed by atoms with van der Waals surface area (Å²) in [5.74, 6) is 0.159. The smallest absolute Gasteiger partial charge is 0.238 e. The van der Waals surface area contributed by atoms with Gasteiger partial charge in [0.15, 0.2) is 5.78 Å². The van der Waals surface area contributed by atoms with Crippen LogP contribution in [0.4, 0.5) is 11.4 Å². The molecule has 0 spiro atoms. The predicted octanol–water partition coefficient (Wildman–Crippen LogP) is 4.49. The molecule has 2 aliphatic rings. The van der Waals surface area contributed by atoms with E-state index in [1.165, 1.54) is 0 Å². The number of carbonyl (C=O) groups is 3. The summed E-state index contributed by atoms with van der Waals surface area (Å²) < 4.78 is 5.22. The van der Waals surface area contributed by atoms with E-state index in [1.807, 2.05) is 44.4 Å². The molecule has 1 aliphatic heterocycles. The number of hydrogen-bond donors (Lipinski definition) is 2. The summed E-state index contributed by atoms with van der Waals surface area (Å²) in [6.07, 6.45) is 0.118. The van der Waals surface area contributed by atoms with Crippen molar-refractivity contribution in [2.75, 3.05) is 38.4 Å². The molecule has 0 saturated heterocycles. The van der Waals surface area contributed by atoms with E-state index in [0.29, 0.717) is 34.0 Å². The summed E-state index contributed by atoms with van der Waals surface area (Å²) in [6.45, 7) is 0.283. The molecule has 9 heteroatoms. The van der Waals surface area contributed by atoms with Gasteiger partial charge in [0.1, 0.15) is 17.5 Å². The van der Waals surface area contributed by atoms with Crippen LogP contribution in [-0.4, -0.2) is 50.2 Å². The standard InChI is InChI=1S/C29H27N5O4/c1-34(2)16-24(36)30-19-11-7-17(8-12-19)15-23(35)31-22-6-4-5-21-25(22)29(37)26-27(32-33-28(21)26)18-9-13-20(38-3)14-10-18/h4-14,28H,15-16H2,1-3H3,(H,30,36)(H,31,35). The summed E-state index contributed by atoms with van der Waals surface area (Å²) in [5.41, 5.74) is 4.90. The lowest BCUT2D eigenvalue weighted by Crippen LogP contribution is -2.27. The summed E-state index contributed by atoms with van der Waals surface area (Å²) in [7, 11) is 5.24. The number of fused-ring (bicyclic) bond motifs is 3. The van der Waals surface area contributed by atoms with E-state index in [2.05, 4.69) is 20.9 Å². The molecular weight excluding hydrogens is 482 g/mol. The van der Waals surface area contributed by atoms with Gasteiger partial charge in [-0.15, -0.1) is 0 Å². The van der Waals surface area contributed by atoms with Crippen LogP contribution in [-0.2, 0) is 16.0 Å². The Morgan fingerprint density at radius 3 is 2.37 bits per heavy atom. The van der Waals surface area contributed by atoms with Crippen molar-refractivity contribution in [2.24, 2.45) is 10.2 Å². The highest BCUT2D eigenvalue weighted by molar-refractivity contribution is 6.22. The minimum Gasteiger partial charge on any atom is -0.497 e. The first-order valence-corrected chi connectivity index (χ1v) is 12.1. The number of ketones is 1. The van der Waals surface area contributed by atoms with Crippen molar-refractivity contribution in [3.8, 4) is 5.75 Å². The van der Waals surface area contributed by atoms with Crippen LogP contribution in [0.3, 0.4) is 0 Å². The second-order valence-corrected chi connectivity index (χ2v) is 9.42. The Labute approximate surface area is 220 Å². The van der Waals surface area contributed by atoms with Crippen LogP contribution >= 0.6 is 0 Å². The van der Waals surface area contributed by atoms with Crippen LogP contribution in [0.1, 0.15) is 33.1 Å². The summed E-state index contributed by atoms with van der Waals surface area (Å²) in [4.78, 5) is 40.2. The lowest BCUT2D eigenvalue weighted by molar-refractivity contribution is -0.117. The second kappa shape index (κ2) is 10.4. The maximum absolute atomic E-state index is 13.5. The van der Waals surface area contributed by atoms with Crippen LogP contribution in [0.25, 0.3) is 5.70 Å². The van der Waals surface area contributed by atoms with E-state index in [9.17, 15) is 14.4 Å². The Bertz CT molecular complexity index is 1470. The van der Waals surface area contributed by atoms with Crippen LogP contribution in [0.2, 0.25) is 0 Å². The molecule has 2 amide bonds. The van der Waals surface area contributed by atoms with E-state index >= 15 is 0 Å². The van der Waals surface area contributed by atoms with Crippen molar-refractivity contribution in [2.45, 2.75) is 12.5 Å².